The predicted molar refractivity (Wildman–Crippen MR) is 43.3 cm³/mol. The molecule has 0 rings (SSSR count). The van der Waals surface area contributed by atoms with Crippen molar-refractivity contribution in [3.8, 4) is 0 Å². The van der Waals surface area contributed by atoms with E-state index < -0.39 is 11.3 Å². The van der Waals surface area contributed by atoms with Gasteiger partial charge >= 0.3 is 49.5 Å². The Morgan fingerprint density at radius 2 is 0.923 bits per heavy atom. The normalized spacial score (nSPS) is 7.08. The van der Waals surface area contributed by atoms with Crippen molar-refractivity contribution in [3.05, 3.63) is 0 Å². The summed E-state index contributed by atoms with van der Waals surface area (Å²) >= 11 is -4.08. The van der Waals surface area contributed by atoms with Gasteiger partial charge in [-0.15, -0.1) is 0 Å². The molecule has 72 valence electrons. The van der Waals surface area contributed by atoms with Crippen molar-refractivity contribution in [3.63, 3.8) is 0 Å². The molecular weight excluding hydrogens is 212 g/mol. The van der Waals surface area contributed by atoms with E-state index in [-0.39, 0.29) is 0 Å². The monoisotopic (exact) mass is 222 g/mol. The molecule has 0 bridgehead atoms. The van der Waals surface area contributed by atoms with Gasteiger partial charge in [-0.05, 0) is 5.92 Å². The molecule has 0 saturated carbocycles. The topological polar surface area (TPSA) is 68.3 Å². The molecular formula is C8H10CrO4. The van der Waals surface area contributed by atoms with E-state index in [0.717, 1.165) is 24.9 Å². The van der Waals surface area contributed by atoms with Crippen molar-refractivity contribution >= 4 is 19.0 Å². The first-order valence-corrected chi connectivity index (χ1v) is 5.92. The summed E-state index contributed by atoms with van der Waals surface area (Å²) in [5.74, 6) is 0.833. The van der Waals surface area contributed by atoms with Gasteiger partial charge in [0.25, 0.3) is 0 Å². The second kappa shape index (κ2) is 7.50. The fourth-order valence-electron chi connectivity index (χ4n) is 0.102. The minimum atomic E-state index is -4.08. The summed E-state index contributed by atoms with van der Waals surface area (Å²) < 4.78 is 4.00. The SMILES string of the molecule is CC(C)C.O=[C]=[Cr](=[C]=O)(=[C]=O)=[C]=O. The Kier molecular flexibility index (Phi) is 8.30. The minimum absolute atomic E-state index is 0.833. The molecule has 0 amide bonds. The van der Waals surface area contributed by atoms with Crippen molar-refractivity contribution in [2.45, 2.75) is 20.8 Å². The van der Waals surface area contributed by atoms with Crippen LogP contribution in [-0.4, -0.2) is 19.0 Å². The van der Waals surface area contributed by atoms with E-state index in [4.69, 9.17) is 0 Å². The Morgan fingerprint density at radius 1 is 0.769 bits per heavy atom. The van der Waals surface area contributed by atoms with Crippen LogP contribution in [0.4, 0.5) is 0 Å². The van der Waals surface area contributed by atoms with Crippen molar-refractivity contribution in [1.29, 1.82) is 0 Å². The molecule has 0 aromatic rings. The molecule has 0 radical (unpaired) electrons. The summed E-state index contributed by atoms with van der Waals surface area (Å²) in [6, 6.07) is 0. The summed E-state index contributed by atoms with van der Waals surface area (Å²) in [6.07, 6.45) is 0. The van der Waals surface area contributed by atoms with Gasteiger partial charge in [0.2, 0.25) is 0 Å². The zero-order valence-electron chi connectivity index (χ0n) is 7.62. The molecule has 13 heavy (non-hydrogen) atoms. The average Bonchev–Trinajstić information content (AvgIpc) is 2.09. The van der Waals surface area contributed by atoms with Crippen LogP contribution in [0.5, 0.6) is 0 Å². The van der Waals surface area contributed by atoms with Gasteiger partial charge in [0.05, 0.1) is 0 Å². The Bertz CT molecular complexity index is 400. The molecule has 4 nitrogen and oxygen atoms in total. The van der Waals surface area contributed by atoms with Crippen LogP contribution < -0.4 is 0 Å². The van der Waals surface area contributed by atoms with Crippen molar-refractivity contribution in [2.75, 3.05) is 0 Å². The van der Waals surface area contributed by atoms with Crippen LogP contribution in [0.15, 0.2) is 0 Å². The first-order chi connectivity index (χ1) is 5.97. The third kappa shape index (κ3) is 7.22. The maximum absolute atomic E-state index is 9.68. The van der Waals surface area contributed by atoms with Crippen molar-refractivity contribution in [2.24, 2.45) is 5.92 Å². The second-order valence-electron chi connectivity index (χ2n) is 2.68. The molecule has 0 fully saturated rings. The van der Waals surface area contributed by atoms with E-state index in [2.05, 4.69) is 20.8 Å². The van der Waals surface area contributed by atoms with Crippen LogP contribution in [0.1, 0.15) is 20.8 Å². The number of hydrogen-bond acceptors (Lipinski definition) is 4. The zero-order valence-corrected chi connectivity index (χ0v) is 8.89. The molecule has 0 N–H and O–H groups in total. The molecule has 5 heteroatoms. The Morgan fingerprint density at radius 3 is 0.923 bits per heavy atom. The van der Waals surface area contributed by atoms with E-state index in [0.29, 0.717) is 0 Å². The van der Waals surface area contributed by atoms with Crippen LogP contribution in [0.3, 0.4) is 0 Å². The molecule has 0 aliphatic rings. The van der Waals surface area contributed by atoms with Gasteiger partial charge in [-0.3, -0.25) is 0 Å². The summed E-state index contributed by atoms with van der Waals surface area (Å²) in [5.41, 5.74) is 0. The van der Waals surface area contributed by atoms with Crippen LogP contribution in [0.2, 0.25) is 0 Å². The summed E-state index contributed by atoms with van der Waals surface area (Å²) in [5, 5.41) is 0. The maximum atomic E-state index is 9.68. The Balaban J connectivity index is 0. The molecule has 0 atom stereocenters. The first-order valence-electron chi connectivity index (χ1n) is 3.37. The zero-order chi connectivity index (χ0) is 10.9. The third-order valence-corrected chi connectivity index (χ3v) is 2.06. The molecule has 0 aliphatic heterocycles. The fourth-order valence-corrected chi connectivity index (χ4v) is 0.421. The summed E-state index contributed by atoms with van der Waals surface area (Å²) in [7, 11) is 0. The first kappa shape index (κ1) is 14.4. The summed E-state index contributed by atoms with van der Waals surface area (Å²) in [6.45, 7) is 6.50. The van der Waals surface area contributed by atoms with Crippen LogP contribution in [0.25, 0.3) is 0 Å². The fraction of sp³-hybridized carbons (Fsp3) is 0.500. The molecule has 0 aromatic carbocycles. The van der Waals surface area contributed by atoms with Crippen LogP contribution in [0, 0.1) is 5.92 Å². The van der Waals surface area contributed by atoms with Gasteiger partial charge in [0, 0.05) is 0 Å². The molecule has 0 aliphatic carbocycles. The molecule has 0 aromatic heterocycles. The predicted octanol–water partition coefficient (Wildman–Crippen LogP) is 0.0714. The van der Waals surface area contributed by atoms with Crippen LogP contribution >= 0.6 is 0 Å². The van der Waals surface area contributed by atoms with Gasteiger partial charge in [-0.2, -0.15) is 0 Å². The van der Waals surface area contributed by atoms with Crippen LogP contribution in [-0.2, 0) is 30.5 Å². The third-order valence-electron chi connectivity index (χ3n) is 0.500. The van der Waals surface area contributed by atoms with Gasteiger partial charge in [0.1, 0.15) is 0 Å². The van der Waals surface area contributed by atoms with E-state index in [9.17, 15) is 19.2 Å². The summed E-state index contributed by atoms with van der Waals surface area (Å²) in [4.78, 5) is 38.7. The molecule has 0 unspecified atom stereocenters. The molecule has 0 spiro atoms. The van der Waals surface area contributed by atoms with E-state index in [1.165, 1.54) is 0 Å². The van der Waals surface area contributed by atoms with E-state index in [1.54, 1.807) is 0 Å². The Labute approximate surface area is 76.6 Å². The van der Waals surface area contributed by atoms with Gasteiger partial charge < -0.3 is 0 Å². The molecule has 0 saturated heterocycles. The second-order valence-corrected chi connectivity index (χ2v) is 5.63. The van der Waals surface area contributed by atoms with Crippen molar-refractivity contribution in [1.82, 2.24) is 0 Å². The standard InChI is InChI=1S/C4H10.4CO.Cr/c1-4(2)3;4*1-2;/h4H,1-3H3;;;;;. The van der Waals surface area contributed by atoms with Gasteiger partial charge in [0.15, 0.2) is 0 Å². The van der Waals surface area contributed by atoms with E-state index >= 15 is 0 Å². The van der Waals surface area contributed by atoms with Gasteiger partial charge in [-0.1, -0.05) is 20.8 Å². The number of hydrogen-bond donors (Lipinski definition) is 0. The Hall–Kier alpha value is -1.15. The molecule has 0 heterocycles. The average molecular weight is 222 g/mol. The van der Waals surface area contributed by atoms with Gasteiger partial charge in [-0.25, -0.2) is 0 Å². The number of rotatable bonds is 0. The van der Waals surface area contributed by atoms with E-state index in [1.807, 2.05) is 0 Å². The van der Waals surface area contributed by atoms with Crippen molar-refractivity contribution < 1.29 is 30.5 Å². The quantitative estimate of drug-likeness (QED) is 0.581. The number of carbonyl (C=O) groups excluding carboxylic acids is 4.